The molecule has 5 aliphatic carbocycles. The summed E-state index contributed by atoms with van der Waals surface area (Å²) >= 11 is 0. The molecular formula is C38H43F4O11S3-. The lowest BCUT2D eigenvalue weighted by molar-refractivity contribution is -0.142. The van der Waals surface area contributed by atoms with Crippen LogP contribution in [0.2, 0.25) is 0 Å². The van der Waals surface area contributed by atoms with Crippen molar-refractivity contribution in [1.82, 2.24) is 0 Å². The van der Waals surface area contributed by atoms with Gasteiger partial charge < -0.3 is 9.29 Å². The fourth-order valence-electron chi connectivity index (χ4n) is 10.8. The second-order valence-electron chi connectivity index (χ2n) is 16.4. The first-order valence-electron chi connectivity index (χ1n) is 19.6. The highest BCUT2D eigenvalue weighted by molar-refractivity contribution is 7.88. The van der Waals surface area contributed by atoms with Crippen molar-refractivity contribution in [2.24, 2.45) is 17.8 Å². The number of esters is 1. The van der Waals surface area contributed by atoms with Gasteiger partial charge in [0.05, 0.1) is 5.92 Å². The highest BCUT2D eigenvalue weighted by Gasteiger charge is 2.72. The second kappa shape index (κ2) is 14.9. The molecule has 56 heavy (non-hydrogen) atoms. The van der Waals surface area contributed by atoms with E-state index in [1.807, 2.05) is 12.1 Å². The third-order valence-corrected chi connectivity index (χ3v) is 17.4. The normalized spacial score (nSPS) is 29.9. The first-order valence-corrected chi connectivity index (χ1v) is 23.8. The van der Waals surface area contributed by atoms with Crippen molar-refractivity contribution in [3.8, 4) is 5.75 Å². The maximum absolute atomic E-state index is 15.0. The molecule has 0 aromatic heterocycles. The second-order valence-corrected chi connectivity index (χ2v) is 21.0. The van der Waals surface area contributed by atoms with Crippen molar-refractivity contribution in [2.75, 3.05) is 0 Å². The molecule has 8 rings (SSSR count). The van der Waals surface area contributed by atoms with E-state index in [2.05, 4.69) is 0 Å². The standard InChI is InChI=1S/C38H44F4O11S3/c39-28-30(41)37(54(44,45)46)31(42)29(40)34(28)51-38(43)27-25-18-26-33(53-56(49,50)36(26)27)32(25)52-55(47,48)35-23(20-12-6-2-7-13-20)16-22(19-10-4-1-5-11-19)17-24(35)21-14-8-3-9-15-21/h16-17,19-21,25-27,32-33,36H,1-15,18H2,(H,44,45,46)/p-1. The van der Waals surface area contributed by atoms with Gasteiger partial charge in [0.15, 0.2) is 11.6 Å². The van der Waals surface area contributed by atoms with Crippen molar-refractivity contribution in [2.45, 2.75) is 148 Å². The van der Waals surface area contributed by atoms with Crippen molar-refractivity contribution in [1.29, 1.82) is 0 Å². The van der Waals surface area contributed by atoms with Crippen molar-refractivity contribution >= 4 is 36.3 Å². The van der Waals surface area contributed by atoms with Crippen LogP contribution in [0.1, 0.15) is 137 Å². The molecule has 0 amide bonds. The van der Waals surface area contributed by atoms with Crippen LogP contribution in [0.15, 0.2) is 21.9 Å². The van der Waals surface area contributed by atoms with Crippen LogP contribution in [0.5, 0.6) is 5.75 Å². The van der Waals surface area contributed by atoms with E-state index >= 15 is 0 Å². The molecule has 18 heteroatoms. The molecule has 0 spiro atoms. The first kappa shape index (κ1) is 40.2. The zero-order valence-electron chi connectivity index (χ0n) is 30.4. The molecule has 6 fully saturated rings. The van der Waals surface area contributed by atoms with Gasteiger partial charge in [0.2, 0.25) is 17.4 Å². The molecule has 5 saturated carbocycles. The molecule has 6 aliphatic rings. The summed E-state index contributed by atoms with van der Waals surface area (Å²) in [5.41, 5.74) is 2.49. The summed E-state index contributed by atoms with van der Waals surface area (Å²) in [6, 6.07) is 4.07. The zero-order chi connectivity index (χ0) is 39.9. The summed E-state index contributed by atoms with van der Waals surface area (Å²) in [6.45, 7) is 0. The van der Waals surface area contributed by atoms with E-state index in [4.69, 9.17) is 13.1 Å². The van der Waals surface area contributed by atoms with E-state index in [-0.39, 0.29) is 29.1 Å². The van der Waals surface area contributed by atoms with Gasteiger partial charge in [0.25, 0.3) is 20.2 Å². The molecule has 2 aromatic carbocycles. The first-order chi connectivity index (χ1) is 26.5. The SMILES string of the molecule is O=C(Oc1c(F)c(F)c(S(=O)(=O)[O-])c(F)c1F)C1C2CC3C(OS(=O)(=O)C31)C2OS(=O)(=O)c1c(C2CCCCC2)cc(C2CCCCC2)cc1C1CCCCC1. The molecule has 1 aliphatic heterocycles. The number of fused-ring (bicyclic) bond motifs is 1. The monoisotopic (exact) mass is 847 g/mol. The van der Waals surface area contributed by atoms with E-state index < -0.39 is 105 Å². The van der Waals surface area contributed by atoms with Gasteiger partial charge in [-0.3, -0.25) is 13.2 Å². The molecule has 2 aromatic rings. The lowest BCUT2D eigenvalue weighted by Gasteiger charge is -2.34. The summed E-state index contributed by atoms with van der Waals surface area (Å²) in [5.74, 6) is -18.0. The minimum Gasteiger partial charge on any atom is -0.744 e. The maximum atomic E-state index is 15.0. The number of ether oxygens (including phenoxy) is 1. The number of benzene rings is 2. The Morgan fingerprint density at radius 1 is 0.696 bits per heavy atom. The van der Waals surface area contributed by atoms with E-state index in [0.717, 1.165) is 102 Å². The fourth-order valence-corrected chi connectivity index (χ4v) is 15.1. The average molecular weight is 848 g/mol. The Morgan fingerprint density at radius 2 is 1.18 bits per heavy atom. The lowest BCUT2D eigenvalue weighted by atomic mass is 9.76. The molecular weight excluding hydrogens is 805 g/mol. The molecule has 308 valence electrons. The van der Waals surface area contributed by atoms with Crippen LogP contribution in [-0.2, 0) is 43.5 Å². The molecule has 1 heterocycles. The number of hydrogen-bond donors (Lipinski definition) is 0. The third-order valence-electron chi connectivity index (χ3n) is 13.3. The molecule has 2 bridgehead atoms. The average Bonchev–Trinajstić information content (AvgIpc) is 3.79. The van der Waals surface area contributed by atoms with Crippen LogP contribution in [0.3, 0.4) is 0 Å². The van der Waals surface area contributed by atoms with E-state index in [0.29, 0.717) is 11.1 Å². The van der Waals surface area contributed by atoms with E-state index in [1.165, 1.54) is 0 Å². The predicted molar refractivity (Wildman–Crippen MR) is 189 cm³/mol. The number of carbonyl (C=O) groups excluding carboxylic acids is 1. The van der Waals surface area contributed by atoms with Gasteiger partial charge in [-0.15, -0.1) is 0 Å². The van der Waals surface area contributed by atoms with Gasteiger partial charge in [-0.25, -0.2) is 17.2 Å². The molecule has 11 nitrogen and oxygen atoms in total. The van der Waals surface area contributed by atoms with Crippen LogP contribution >= 0.6 is 0 Å². The van der Waals surface area contributed by atoms with Crippen molar-refractivity contribution < 1.29 is 65.3 Å². The van der Waals surface area contributed by atoms with Gasteiger partial charge in [-0.2, -0.15) is 25.6 Å². The minimum atomic E-state index is -6.07. The number of rotatable bonds is 9. The number of hydrogen-bond acceptors (Lipinski definition) is 11. The van der Waals surface area contributed by atoms with Crippen LogP contribution in [0.25, 0.3) is 0 Å². The molecule has 0 N–H and O–H groups in total. The van der Waals surface area contributed by atoms with Gasteiger partial charge in [0, 0.05) is 11.8 Å². The summed E-state index contributed by atoms with van der Waals surface area (Å²) in [5, 5.41) is -1.67. The smallest absolute Gasteiger partial charge is 0.316 e. The molecule has 0 radical (unpaired) electrons. The Balaban J connectivity index is 1.18. The Labute approximate surface area is 323 Å². The summed E-state index contributed by atoms with van der Waals surface area (Å²) in [4.78, 5) is 11.3. The fraction of sp³-hybridized carbons (Fsp3) is 0.658. The van der Waals surface area contributed by atoms with Gasteiger partial charge in [-0.05, 0) is 79.4 Å². The maximum Gasteiger partial charge on any atom is 0.316 e. The van der Waals surface area contributed by atoms with Crippen LogP contribution in [0.4, 0.5) is 17.6 Å². The van der Waals surface area contributed by atoms with Crippen LogP contribution in [-0.4, -0.2) is 53.2 Å². The van der Waals surface area contributed by atoms with Gasteiger partial charge in [0.1, 0.15) is 37.4 Å². The molecule has 6 unspecified atom stereocenters. The molecule has 6 atom stereocenters. The van der Waals surface area contributed by atoms with Gasteiger partial charge in [-0.1, -0.05) is 69.9 Å². The van der Waals surface area contributed by atoms with Crippen molar-refractivity contribution in [3.63, 3.8) is 0 Å². The Bertz CT molecular complexity index is 2180. The minimum absolute atomic E-state index is 0.0631. The summed E-state index contributed by atoms with van der Waals surface area (Å²) in [6.07, 6.45) is 11.2. The van der Waals surface area contributed by atoms with Crippen molar-refractivity contribution in [3.05, 3.63) is 52.1 Å². The van der Waals surface area contributed by atoms with Crippen LogP contribution < -0.4 is 4.74 Å². The molecule has 1 saturated heterocycles. The predicted octanol–water partition coefficient (Wildman–Crippen LogP) is 7.33. The number of halogens is 4. The third kappa shape index (κ3) is 6.90. The zero-order valence-corrected chi connectivity index (χ0v) is 32.8. The number of carbonyl (C=O) groups is 1. The Kier molecular flexibility index (Phi) is 10.7. The lowest BCUT2D eigenvalue weighted by Crippen LogP contribution is -2.46. The highest BCUT2D eigenvalue weighted by atomic mass is 32.2. The van der Waals surface area contributed by atoms with Gasteiger partial charge >= 0.3 is 5.97 Å². The quantitative estimate of drug-likeness (QED) is 0.0618. The van der Waals surface area contributed by atoms with Crippen LogP contribution in [0, 0.1) is 41.0 Å². The largest absolute Gasteiger partial charge is 0.744 e. The summed E-state index contributed by atoms with van der Waals surface area (Å²) < 4.78 is 166. The Morgan fingerprint density at radius 3 is 1.66 bits per heavy atom. The van der Waals surface area contributed by atoms with E-state index in [9.17, 15) is 52.2 Å². The Hall–Kier alpha value is -2.64. The van der Waals surface area contributed by atoms with E-state index in [1.54, 1.807) is 0 Å². The topological polar surface area (TPSA) is 170 Å². The highest BCUT2D eigenvalue weighted by Crippen LogP contribution is 2.60. The summed E-state index contributed by atoms with van der Waals surface area (Å²) in [7, 11) is -15.4.